The van der Waals surface area contributed by atoms with Crippen molar-refractivity contribution in [2.45, 2.75) is 6.04 Å². The number of carbonyl (C=O) groups is 1. The molecule has 1 heterocycles. The first kappa shape index (κ1) is 19.8. The van der Waals surface area contributed by atoms with Crippen molar-refractivity contribution in [3.8, 4) is 11.1 Å². The summed E-state index contributed by atoms with van der Waals surface area (Å²) in [5, 5.41) is 5.70. The average Bonchev–Trinajstić information content (AvgIpc) is 2.79. The quantitative estimate of drug-likeness (QED) is 0.269. The number of benzene rings is 2. The number of carbonyl (C=O) groups excluding carboxylic acids is 1. The minimum Gasteiger partial charge on any atom is -0.398 e. The smallest absolute Gasteiger partial charge is 0.253 e. The van der Waals surface area contributed by atoms with E-state index in [0.717, 1.165) is 11.1 Å². The maximum Gasteiger partial charge on any atom is 0.253 e. The predicted molar refractivity (Wildman–Crippen MR) is 121 cm³/mol. The molecule has 0 fully saturated rings. The third kappa shape index (κ3) is 3.86. The molecule has 3 aromatic carbocycles. The summed E-state index contributed by atoms with van der Waals surface area (Å²) < 4.78 is 0. The molecule has 1 unspecified atom stereocenters. The summed E-state index contributed by atoms with van der Waals surface area (Å²) in [4.78, 5) is 40.2. The number of nitrogens with zero attached hydrogens (tertiary/aromatic N) is 1. The third-order valence-electron chi connectivity index (χ3n) is 4.95. The van der Waals surface area contributed by atoms with E-state index in [4.69, 9.17) is 11.5 Å². The maximum atomic E-state index is 12.1. The topological polar surface area (TPSA) is 140 Å². The zero-order valence-electron chi connectivity index (χ0n) is 16.3. The molecule has 1 amide bonds. The van der Waals surface area contributed by atoms with E-state index < -0.39 is 22.8 Å². The first-order valence-electron chi connectivity index (χ1n) is 9.46. The van der Waals surface area contributed by atoms with Crippen LogP contribution in [0, 0.1) is 0 Å². The van der Waals surface area contributed by atoms with Crippen LogP contribution < -0.4 is 33.0 Å². The van der Waals surface area contributed by atoms with Gasteiger partial charge in [-0.25, -0.2) is 0 Å². The number of rotatable bonds is 7. The molecular weight excluding hydrogens is 394 g/mol. The van der Waals surface area contributed by atoms with E-state index in [-0.39, 0.29) is 11.4 Å². The monoisotopic (exact) mass is 413 g/mol. The molecule has 0 aliphatic carbocycles. The Kier molecular flexibility index (Phi) is 5.19. The lowest BCUT2D eigenvalue weighted by Crippen LogP contribution is -2.39. The first-order valence-corrected chi connectivity index (χ1v) is 9.46. The molecule has 0 saturated heterocycles. The van der Waals surface area contributed by atoms with Crippen molar-refractivity contribution in [2.75, 3.05) is 16.4 Å². The molecule has 0 saturated carbocycles. The van der Waals surface area contributed by atoms with Crippen LogP contribution in [0.25, 0.3) is 11.1 Å². The normalized spacial score (nSPS) is 11.7. The lowest BCUT2D eigenvalue weighted by atomic mass is 9.99. The van der Waals surface area contributed by atoms with Crippen LogP contribution >= 0.6 is 0 Å². The summed E-state index contributed by atoms with van der Waals surface area (Å²) in [5.41, 5.74) is 13.8. The minimum atomic E-state index is -0.997. The molecular formula is C23H19N5O3. The number of nitrogens with one attached hydrogen (secondary N) is 2. The largest absolute Gasteiger partial charge is 0.398 e. The van der Waals surface area contributed by atoms with E-state index in [1.54, 1.807) is 42.7 Å². The summed E-state index contributed by atoms with van der Waals surface area (Å²) >= 11 is 0. The Morgan fingerprint density at radius 2 is 1.52 bits per heavy atom. The van der Waals surface area contributed by atoms with Gasteiger partial charge in [0.15, 0.2) is 0 Å². The van der Waals surface area contributed by atoms with E-state index >= 15 is 0 Å². The van der Waals surface area contributed by atoms with Gasteiger partial charge in [0, 0.05) is 29.3 Å². The number of amides is 1. The zero-order chi connectivity index (χ0) is 22.0. The van der Waals surface area contributed by atoms with Crippen molar-refractivity contribution >= 4 is 28.7 Å². The molecule has 0 aliphatic rings. The fraction of sp³-hybridized carbons (Fsp3) is 0.0435. The molecule has 1 aromatic heterocycles. The van der Waals surface area contributed by atoms with E-state index in [1.165, 1.54) is 0 Å². The standard InChI is InChI=1S/C23H19N5O3/c24-17-4-2-1-3-16(17)13-5-7-14(8-6-13)18(23(25)31)28-20-19(21(29)22(20)30)27-15-9-11-26-12-10-15/h1-12,18,28H,24H2,(H2,25,31)(H,26,27). The molecule has 6 N–H and O–H groups in total. The number of aromatic nitrogens is 1. The number of pyridine rings is 1. The van der Waals surface area contributed by atoms with Crippen LogP contribution in [0.1, 0.15) is 11.6 Å². The number of para-hydroxylation sites is 1. The SMILES string of the molecule is NC(=O)C(Nc1c(Nc2ccncc2)c(=O)c1=O)c1ccc(-c2ccccc2N)cc1. The Hall–Kier alpha value is -4.46. The fourth-order valence-electron chi connectivity index (χ4n) is 3.31. The number of primary amides is 1. The van der Waals surface area contributed by atoms with Gasteiger partial charge in [-0.1, -0.05) is 42.5 Å². The zero-order valence-corrected chi connectivity index (χ0v) is 16.3. The minimum absolute atomic E-state index is 0.0157. The van der Waals surface area contributed by atoms with Crippen LogP contribution in [0.5, 0.6) is 0 Å². The lowest BCUT2D eigenvalue weighted by molar-refractivity contribution is -0.118. The van der Waals surface area contributed by atoms with Gasteiger partial charge in [0.2, 0.25) is 5.91 Å². The number of nitrogens with two attached hydrogens (primary N) is 2. The Bertz CT molecular complexity index is 1310. The van der Waals surface area contributed by atoms with Crippen molar-refractivity contribution in [1.82, 2.24) is 4.98 Å². The van der Waals surface area contributed by atoms with Gasteiger partial charge < -0.3 is 22.1 Å². The molecule has 0 radical (unpaired) electrons. The van der Waals surface area contributed by atoms with Crippen LogP contribution in [-0.2, 0) is 4.79 Å². The summed E-state index contributed by atoms with van der Waals surface area (Å²) in [6, 6.07) is 16.8. The highest BCUT2D eigenvalue weighted by Crippen LogP contribution is 2.29. The highest BCUT2D eigenvalue weighted by Gasteiger charge is 2.27. The molecule has 8 heteroatoms. The average molecular weight is 413 g/mol. The Morgan fingerprint density at radius 3 is 2.16 bits per heavy atom. The van der Waals surface area contributed by atoms with Gasteiger partial charge in [-0.15, -0.1) is 0 Å². The summed E-state index contributed by atoms with van der Waals surface area (Å²) in [5.74, 6) is -0.685. The van der Waals surface area contributed by atoms with Gasteiger partial charge >= 0.3 is 0 Å². The highest BCUT2D eigenvalue weighted by molar-refractivity contribution is 5.88. The Labute approximate surface area is 177 Å². The van der Waals surface area contributed by atoms with E-state index in [1.807, 2.05) is 30.3 Å². The van der Waals surface area contributed by atoms with Crippen LogP contribution in [-0.4, -0.2) is 10.9 Å². The predicted octanol–water partition coefficient (Wildman–Crippen LogP) is 2.31. The number of nitrogen functional groups attached to an aromatic ring is 1. The molecule has 0 bridgehead atoms. The Balaban J connectivity index is 1.61. The number of anilines is 4. The van der Waals surface area contributed by atoms with Crippen LogP contribution in [0.3, 0.4) is 0 Å². The van der Waals surface area contributed by atoms with Crippen molar-refractivity contribution in [1.29, 1.82) is 0 Å². The summed E-state index contributed by atoms with van der Waals surface area (Å²) in [6.45, 7) is 0. The molecule has 1 atom stereocenters. The second-order valence-electron chi connectivity index (χ2n) is 6.96. The Morgan fingerprint density at radius 1 is 0.871 bits per heavy atom. The van der Waals surface area contributed by atoms with Gasteiger partial charge in [0.1, 0.15) is 17.4 Å². The maximum absolute atomic E-state index is 12.1. The second kappa shape index (κ2) is 8.11. The summed E-state index contributed by atoms with van der Waals surface area (Å²) in [6.07, 6.45) is 3.10. The first-order chi connectivity index (χ1) is 15.0. The van der Waals surface area contributed by atoms with Crippen molar-refractivity contribution in [3.63, 3.8) is 0 Å². The van der Waals surface area contributed by atoms with Crippen molar-refractivity contribution in [3.05, 3.63) is 99.1 Å². The van der Waals surface area contributed by atoms with Crippen LogP contribution in [0.2, 0.25) is 0 Å². The van der Waals surface area contributed by atoms with Gasteiger partial charge in [-0.3, -0.25) is 19.4 Å². The molecule has 0 spiro atoms. The third-order valence-corrected chi connectivity index (χ3v) is 4.95. The highest BCUT2D eigenvalue weighted by atomic mass is 16.2. The second-order valence-corrected chi connectivity index (χ2v) is 6.96. The van der Waals surface area contributed by atoms with Gasteiger partial charge in [-0.05, 0) is 29.3 Å². The van der Waals surface area contributed by atoms with Crippen LogP contribution in [0.4, 0.5) is 22.7 Å². The number of hydrogen-bond donors (Lipinski definition) is 4. The lowest BCUT2D eigenvalue weighted by Gasteiger charge is -2.21. The van der Waals surface area contributed by atoms with Crippen molar-refractivity contribution < 1.29 is 4.79 Å². The number of hydrogen-bond acceptors (Lipinski definition) is 7. The summed E-state index contributed by atoms with van der Waals surface area (Å²) in [7, 11) is 0. The molecule has 4 rings (SSSR count). The van der Waals surface area contributed by atoms with Gasteiger partial charge in [0.25, 0.3) is 10.9 Å². The van der Waals surface area contributed by atoms with E-state index in [0.29, 0.717) is 16.9 Å². The van der Waals surface area contributed by atoms with Crippen molar-refractivity contribution in [2.24, 2.45) is 5.73 Å². The van der Waals surface area contributed by atoms with Gasteiger partial charge in [-0.2, -0.15) is 0 Å². The molecule has 0 aliphatic heterocycles. The van der Waals surface area contributed by atoms with E-state index in [9.17, 15) is 14.4 Å². The fourth-order valence-corrected chi connectivity index (χ4v) is 3.31. The molecule has 31 heavy (non-hydrogen) atoms. The molecule has 154 valence electrons. The van der Waals surface area contributed by atoms with Crippen LogP contribution in [0.15, 0.2) is 82.6 Å². The molecule has 8 nitrogen and oxygen atoms in total. The molecule has 4 aromatic rings. The van der Waals surface area contributed by atoms with E-state index in [2.05, 4.69) is 15.6 Å². The van der Waals surface area contributed by atoms with Gasteiger partial charge in [0.05, 0.1) is 0 Å².